The Morgan fingerprint density at radius 3 is 2.89 bits per heavy atom. The molecular weight excluding hydrogens is 230 g/mol. The van der Waals surface area contributed by atoms with Crippen molar-refractivity contribution in [1.82, 2.24) is 9.97 Å². The molecule has 1 aromatic rings. The van der Waals surface area contributed by atoms with Crippen molar-refractivity contribution in [2.24, 2.45) is 0 Å². The van der Waals surface area contributed by atoms with Gasteiger partial charge in [-0.25, -0.2) is 9.97 Å². The van der Waals surface area contributed by atoms with Gasteiger partial charge in [-0.15, -0.1) is 0 Å². The van der Waals surface area contributed by atoms with Gasteiger partial charge in [-0.1, -0.05) is 0 Å². The molecule has 0 radical (unpaired) electrons. The molecule has 0 spiro atoms. The van der Waals surface area contributed by atoms with Gasteiger partial charge >= 0.3 is 0 Å². The summed E-state index contributed by atoms with van der Waals surface area (Å²) in [5, 5.41) is 3.26. The Morgan fingerprint density at radius 2 is 2.22 bits per heavy atom. The second-order valence-corrected chi connectivity index (χ2v) is 4.78. The van der Waals surface area contributed by atoms with Crippen LogP contribution in [-0.4, -0.2) is 36.3 Å². The maximum Gasteiger partial charge on any atom is 0.162 e. The van der Waals surface area contributed by atoms with Crippen LogP contribution in [0.15, 0.2) is 6.07 Å². The molecule has 0 aromatic carbocycles. The Kier molecular flexibility index (Phi) is 3.43. The van der Waals surface area contributed by atoms with Crippen LogP contribution in [0.5, 0.6) is 0 Å². The highest BCUT2D eigenvalue weighted by molar-refractivity contribution is 5.38. The molecule has 0 amide bonds. The van der Waals surface area contributed by atoms with Crippen molar-refractivity contribution in [3.8, 4) is 0 Å². The maximum atomic E-state index is 5.67. The van der Waals surface area contributed by atoms with Crippen LogP contribution in [0.4, 0.5) is 5.82 Å². The molecule has 2 fully saturated rings. The molecular formula is C13H19N3O2. The summed E-state index contributed by atoms with van der Waals surface area (Å²) in [5.74, 6) is 2.28. The molecule has 98 valence electrons. The monoisotopic (exact) mass is 249 g/mol. The van der Waals surface area contributed by atoms with Crippen molar-refractivity contribution in [3.05, 3.63) is 17.6 Å². The SMILES string of the molecule is CCNc1cc(C2CC2)nc(C2COCCO2)n1. The van der Waals surface area contributed by atoms with Crippen LogP contribution in [0.1, 0.15) is 43.3 Å². The molecule has 2 heterocycles. The first-order valence-corrected chi connectivity index (χ1v) is 6.69. The minimum Gasteiger partial charge on any atom is -0.376 e. The molecule has 18 heavy (non-hydrogen) atoms. The first kappa shape index (κ1) is 11.9. The fraction of sp³-hybridized carbons (Fsp3) is 0.692. The van der Waals surface area contributed by atoms with Crippen molar-refractivity contribution in [2.45, 2.75) is 31.8 Å². The molecule has 5 nitrogen and oxygen atoms in total. The van der Waals surface area contributed by atoms with Gasteiger partial charge in [-0.3, -0.25) is 0 Å². The second kappa shape index (κ2) is 5.20. The van der Waals surface area contributed by atoms with Gasteiger partial charge in [0, 0.05) is 24.2 Å². The minimum absolute atomic E-state index is 0.116. The summed E-state index contributed by atoms with van der Waals surface area (Å²) in [5.41, 5.74) is 1.14. The summed E-state index contributed by atoms with van der Waals surface area (Å²) in [6.45, 7) is 4.78. The highest BCUT2D eigenvalue weighted by Crippen LogP contribution is 2.40. The van der Waals surface area contributed by atoms with E-state index in [-0.39, 0.29) is 6.10 Å². The minimum atomic E-state index is -0.116. The lowest BCUT2D eigenvalue weighted by Crippen LogP contribution is -2.24. The highest BCUT2D eigenvalue weighted by Gasteiger charge is 2.28. The first-order chi connectivity index (χ1) is 8.86. The number of hydrogen-bond acceptors (Lipinski definition) is 5. The molecule has 5 heteroatoms. The van der Waals surface area contributed by atoms with E-state index in [1.807, 2.05) is 0 Å². The third-order valence-corrected chi connectivity index (χ3v) is 3.22. The largest absolute Gasteiger partial charge is 0.376 e. The van der Waals surface area contributed by atoms with Crippen LogP contribution in [0.25, 0.3) is 0 Å². The lowest BCUT2D eigenvalue weighted by atomic mass is 10.2. The fourth-order valence-corrected chi connectivity index (χ4v) is 2.13. The van der Waals surface area contributed by atoms with Crippen molar-refractivity contribution in [1.29, 1.82) is 0 Å². The van der Waals surface area contributed by atoms with E-state index >= 15 is 0 Å². The molecule has 1 aliphatic heterocycles. The van der Waals surface area contributed by atoms with Gasteiger partial charge in [0.15, 0.2) is 5.82 Å². The topological polar surface area (TPSA) is 56.3 Å². The predicted octanol–water partition coefficient (Wildman–Crippen LogP) is 1.87. The summed E-state index contributed by atoms with van der Waals surface area (Å²) < 4.78 is 11.1. The Hall–Kier alpha value is -1.20. The molecule has 1 atom stereocenters. The number of nitrogens with zero attached hydrogens (tertiary/aromatic N) is 2. The van der Waals surface area contributed by atoms with E-state index in [4.69, 9.17) is 9.47 Å². The fourth-order valence-electron chi connectivity index (χ4n) is 2.13. The molecule has 0 bridgehead atoms. The zero-order valence-electron chi connectivity index (χ0n) is 10.7. The molecule has 1 saturated heterocycles. The third-order valence-electron chi connectivity index (χ3n) is 3.22. The van der Waals surface area contributed by atoms with Crippen molar-refractivity contribution in [3.63, 3.8) is 0 Å². The summed E-state index contributed by atoms with van der Waals surface area (Å²) in [6, 6.07) is 2.06. The number of ether oxygens (including phenoxy) is 2. The first-order valence-electron chi connectivity index (χ1n) is 6.69. The van der Waals surface area contributed by atoms with Crippen molar-refractivity contribution >= 4 is 5.82 Å². The van der Waals surface area contributed by atoms with Crippen LogP contribution in [0.3, 0.4) is 0 Å². The molecule has 1 aliphatic carbocycles. The van der Waals surface area contributed by atoms with Gasteiger partial charge in [-0.2, -0.15) is 0 Å². The smallest absolute Gasteiger partial charge is 0.162 e. The number of rotatable bonds is 4. The van der Waals surface area contributed by atoms with E-state index in [1.165, 1.54) is 12.8 Å². The number of aromatic nitrogens is 2. The maximum absolute atomic E-state index is 5.67. The Bertz CT molecular complexity index is 415. The summed E-state index contributed by atoms with van der Waals surface area (Å²) >= 11 is 0. The van der Waals surface area contributed by atoms with Crippen LogP contribution >= 0.6 is 0 Å². The van der Waals surface area contributed by atoms with Gasteiger partial charge in [0.2, 0.25) is 0 Å². The number of hydrogen-bond donors (Lipinski definition) is 1. The Morgan fingerprint density at radius 1 is 1.33 bits per heavy atom. The van der Waals surface area contributed by atoms with E-state index in [2.05, 4.69) is 28.3 Å². The quantitative estimate of drug-likeness (QED) is 0.883. The van der Waals surface area contributed by atoms with Gasteiger partial charge in [0.1, 0.15) is 11.9 Å². The van der Waals surface area contributed by atoms with Gasteiger partial charge in [0.25, 0.3) is 0 Å². The molecule has 2 aliphatic rings. The third kappa shape index (κ3) is 2.62. The molecule has 1 saturated carbocycles. The normalized spacial score (nSPS) is 23.9. The Balaban J connectivity index is 1.86. The summed E-state index contributed by atoms with van der Waals surface area (Å²) in [4.78, 5) is 9.17. The number of nitrogens with one attached hydrogen (secondary N) is 1. The summed E-state index contributed by atoms with van der Waals surface area (Å²) in [6.07, 6.45) is 2.36. The zero-order valence-corrected chi connectivity index (χ0v) is 10.7. The predicted molar refractivity (Wildman–Crippen MR) is 67.7 cm³/mol. The van der Waals surface area contributed by atoms with Crippen LogP contribution in [0.2, 0.25) is 0 Å². The van der Waals surface area contributed by atoms with Gasteiger partial charge in [0.05, 0.1) is 19.8 Å². The van der Waals surface area contributed by atoms with Crippen molar-refractivity contribution < 1.29 is 9.47 Å². The number of anilines is 1. The average Bonchev–Trinajstić information content (AvgIpc) is 3.24. The van der Waals surface area contributed by atoms with Gasteiger partial charge < -0.3 is 14.8 Å². The van der Waals surface area contributed by atoms with Crippen LogP contribution in [-0.2, 0) is 9.47 Å². The van der Waals surface area contributed by atoms with E-state index in [1.54, 1.807) is 0 Å². The van der Waals surface area contributed by atoms with E-state index in [0.717, 1.165) is 23.9 Å². The lowest BCUT2D eigenvalue weighted by molar-refractivity contribution is -0.0935. The zero-order chi connectivity index (χ0) is 12.4. The Labute approximate surface area is 107 Å². The van der Waals surface area contributed by atoms with E-state index in [0.29, 0.717) is 25.7 Å². The highest BCUT2D eigenvalue weighted by atomic mass is 16.6. The summed E-state index contributed by atoms with van der Waals surface area (Å²) in [7, 11) is 0. The molecule has 1 unspecified atom stereocenters. The second-order valence-electron chi connectivity index (χ2n) is 4.78. The van der Waals surface area contributed by atoms with Gasteiger partial charge in [-0.05, 0) is 19.8 Å². The van der Waals surface area contributed by atoms with Crippen LogP contribution < -0.4 is 5.32 Å². The van der Waals surface area contributed by atoms with Crippen LogP contribution in [0, 0.1) is 0 Å². The molecule has 1 aromatic heterocycles. The average molecular weight is 249 g/mol. The van der Waals surface area contributed by atoms with E-state index < -0.39 is 0 Å². The lowest BCUT2D eigenvalue weighted by Gasteiger charge is -2.22. The molecule has 1 N–H and O–H groups in total. The van der Waals surface area contributed by atoms with E-state index in [9.17, 15) is 0 Å². The van der Waals surface area contributed by atoms with Crippen molar-refractivity contribution in [2.75, 3.05) is 31.7 Å². The standard InChI is InChI=1S/C13H19N3O2/c1-2-14-12-7-10(9-3-4-9)15-13(16-12)11-8-17-5-6-18-11/h7,9,11H,2-6,8H2,1H3,(H,14,15,16). The molecule has 3 rings (SSSR count).